The molecule has 0 saturated carbocycles. The molecule has 1 N–H and O–H groups in total. The van der Waals surface area contributed by atoms with Gasteiger partial charge in [0.15, 0.2) is 0 Å². The van der Waals surface area contributed by atoms with Crippen molar-refractivity contribution in [1.82, 2.24) is 4.90 Å². The lowest BCUT2D eigenvalue weighted by atomic mass is 10.2. The molecule has 0 aliphatic carbocycles. The second-order valence-electron chi connectivity index (χ2n) is 4.27. The molecule has 1 heterocycles. The van der Waals surface area contributed by atoms with Gasteiger partial charge in [-0.2, -0.15) is 0 Å². The van der Waals surface area contributed by atoms with Gasteiger partial charge in [-0.25, -0.2) is 8.78 Å². The quantitative estimate of drug-likeness (QED) is 0.852. The highest BCUT2D eigenvalue weighted by atomic mass is 19.3. The van der Waals surface area contributed by atoms with Gasteiger partial charge in [-0.3, -0.25) is 4.90 Å². The second-order valence-corrected chi connectivity index (χ2v) is 4.27. The van der Waals surface area contributed by atoms with Crippen LogP contribution in [0.1, 0.15) is 12.0 Å². The zero-order valence-electron chi connectivity index (χ0n) is 9.34. The van der Waals surface area contributed by atoms with E-state index >= 15 is 0 Å². The van der Waals surface area contributed by atoms with Crippen LogP contribution < -0.4 is 5.32 Å². The summed E-state index contributed by atoms with van der Waals surface area (Å²) in [6.07, 6.45) is -0.0152. The van der Waals surface area contributed by atoms with Crippen LogP contribution in [0.2, 0.25) is 0 Å². The maximum atomic E-state index is 13.0. The Bertz CT molecular complexity index is 366. The van der Waals surface area contributed by atoms with Crippen molar-refractivity contribution in [2.24, 2.45) is 0 Å². The van der Waals surface area contributed by atoms with E-state index in [1.807, 2.05) is 31.3 Å². The van der Waals surface area contributed by atoms with Crippen LogP contribution in [0.4, 0.5) is 14.5 Å². The fourth-order valence-electron chi connectivity index (χ4n) is 2.03. The SMILES string of the molecule is CNc1cccc(CN2CCC(F)(F)C2)c1. The standard InChI is InChI=1S/C12H16F2N2/c1-15-11-4-2-3-10(7-11)8-16-6-5-12(13,14)9-16/h2-4,7,15H,5-6,8-9H2,1H3. The highest BCUT2D eigenvalue weighted by Gasteiger charge is 2.37. The number of anilines is 1. The number of likely N-dealkylation sites (tertiary alicyclic amines) is 1. The third-order valence-corrected chi connectivity index (χ3v) is 2.87. The summed E-state index contributed by atoms with van der Waals surface area (Å²) in [5.41, 5.74) is 2.09. The van der Waals surface area contributed by atoms with Crippen LogP contribution in [0.5, 0.6) is 0 Å². The first-order valence-corrected chi connectivity index (χ1v) is 5.46. The summed E-state index contributed by atoms with van der Waals surface area (Å²) >= 11 is 0. The molecule has 1 aromatic rings. The molecule has 0 atom stereocenters. The first-order valence-electron chi connectivity index (χ1n) is 5.46. The van der Waals surface area contributed by atoms with Crippen molar-refractivity contribution >= 4 is 5.69 Å². The minimum atomic E-state index is -2.50. The molecule has 1 aliphatic heterocycles. The average molecular weight is 226 g/mol. The molecule has 1 aromatic carbocycles. The summed E-state index contributed by atoms with van der Waals surface area (Å²) in [7, 11) is 1.85. The normalized spacial score (nSPS) is 19.9. The van der Waals surface area contributed by atoms with E-state index < -0.39 is 5.92 Å². The van der Waals surface area contributed by atoms with Crippen molar-refractivity contribution < 1.29 is 8.78 Å². The lowest BCUT2D eigenvalue weighted by Crippen LogP contribution is -2.24. The van der Waals surface area contributed by atoms with Crippen LogP contribution in [-0.4, -0.2) is 31.0 Å². The zero-order chi connectivity index (χ0) is 11.6. The van der Waals surface area contributed by atoms with Gasteiger partial charge in [0, 0.05) is 32.2 Å². The number of rotatable bonds is 3. The van der Waals surface area contributed by atoms with Crippen molar-refractivity contribution in [2.45, 2.75) is 18.9 Å². The van der Waals surface area contributed by atoms with Gasteiger partial charge in [0.25, 0.3) is 5.92 Å². The fraction of sp³-hybridized carbons (Fsp3) is 0.500. The maximum absolute atomic E-state index is 13.0. The van der Waals surface area contributed by atoms with E-state index in [0.29, 0.717) is 13.1 Å². The molecule has 1 fully saturated rings. The number of halogens is 2. The third-order valence-electron chi connectivity index (χ3n) is 2.87. The van der Waals surface area contributed by atoms with E-state index in [1.54, 1.807) is 4.90 Å². The molecule has 16 heavy (non-hydrogen) atoms. The van der Waals surface area contributed by atoms with Crippen molar-refractivity contribution in [3.63, 3.8) is 0 Å². The number of nitrogens with zero attached hydrogens (tertiary/aromatic N) is 1. The van der Waals surface area contributed by atoms with Crippen molar-refractivity contribution in [3.05, 3.63) is 29.8 Å². The first kappa shape index (κ1) is 11.3. The largest absolute Gasteiger partial charge is 0.388 e. The minimum Gasteiger partial charge on any atom is -0.388 e. The third kappa shape index (κ3) is 2.70. The Balaban J connectivity index is 1.99. The predicted molar refractivity (Wildman–Crippen MR) is 60.8 cm³/mol. The van der Waals surface area contributed by atoms with E-state index in [1.165, 1.54) is 0 Å². The smallest absolute Gasteiger partial charge is 0.261 e. The van der Waals surface area contributed by atoms with Crippen LogP contribution in [0.3, 0.4) is 0 Å². The summed E-state index contributed by atoms with van der Waals surface area (Å²) in [4.78, 5) is 1.80. The Morgan fingerprint density at radius 1 is 1.44 bits per heavy atom. The molecule has 0 aromatic heterocycles. The summed E-state index contributed by atoms with van der Waals surface area (Å²) in [5.74, 6) is -2.50. The summed E-state index contributed by atoms with van der Waals surface area (Å²) in [6, 6.07) is 7.87. The summed E-state index contributed by atoms with van der Waals surface area (Å²) in [5, 5.41) is 3.04. The molecule has 0 unspecified atom stereocenters. The van der Waals surface area contributed by atoms with Crippen LogP contribution in [0.25, 0.3) is 0 Å². The first-order chi connectivity index (χ1) is 7.59. The molecule has 0 bridgehead atoms. The van der Waals surface area contributed by atoms with Crippen LogP contribution in [0, 0.1) is 0 Å². The number of alkyl halides is 2. The number of hydrogen-bond acceptors (Lipinski definition) is 2. The molecule has 0 radical (unpaired) electrons. The van der Waals surface area contributed by atoms with Crippen LogP contribution >= 0.6 is 0 Å². The fourth-order valence-corrected chi connectivity index (χ4v) is 2.03. The molecular weight excluding hydrogens is 210 g/mol. The molecule has 2 nitrogen and oxygen atoms in total. The van der Waals surface area contributed by atoms with E-state index in [9.17, 15) is 8.78 Å². The summed E-state index contributed by atoms with van der Waals surface area (Å²) in [6.45, 7) is 0.971. The topological polar surface area (TPSA) is 15.3 Å². The molecule has 88 valence electrons. The lowest BCUT2D eigenvalue weighted by Gasteiger charge is -2.16. The minimum absolute atomic E-state index is 0.0152. The molecular formula is C12H16F2N2. The molecule has 1 saturated heterocycles. The Morgan fingerprint density at radius 3 is 2.88 bits per heavy atom. The van der Waals surface area contributed by atoms with Gasteiger partial charge in [0.1, 0.15) is 0 Å². The van der Waals surface area contributed by atoms with Gasteiger partial charge in [0.05, 0.1) is 6.54 Å². The molecule has 0 amide bonds. The number of hydrogen-bond donors (Lipinski definition) is 1. The average Bonchev–Trinajstić information content (AvgIpc) is 2.58. The van der Waals surface area contributed by atoms with Gasteiger partial charge in [-0.1, -0.05) is 12.1 Å². The van der Waals surface area contributed by atoms with Crippen LogP contribution in [-0.2, 0) is 6.54 Å². The van der Waals surface area contributed by atoms with Crippen molar-refractivity contribution in [3.8, 4) is 0 Å². The highest BCUT2D eigenvalue weighted by molar-refractivity contribution is 5.44. The Labute approximate surface area is 94.3 Å². The van der Waals surface area contributed by atoms with E-state index in [4.69, 9.17) is 0 Å². The highest BCUT2D eigenvalue weighted by Crippen LogP contribution is 2.28. The van der Waals surface area contributed by atoms with Crippen LogP contribution in [0.15, 0.2) is 24.3 Å². The monoisotopic (exact) mass is 226 g/mol. The van der Waals surface area contributed by atoms with Gasteiger partial charge < -0.3 is 5.32 Å². The van der Waals surface area contributed by atoms with Gasteiger partial charge >= 0.3 is 0 Å². The number of nitrogens with one attached hydrogen (secondary N) is 1. The van der Waals surface area contributed by atoms with E-state index in [2.05, 4.69) is 5.32 Å². The Kier molecular flexibility index (Phi) is 3.10. The molecule has 4 heteroatoms. The Hall–Kier alpha value is -1.16. The second kappa shape index (κ2) is 4.37. The van der Waals surface area contributed by atoms with Gasteiger partial charge in [-0.05, 0) is 17.7 Å². The lowest BCUT2D eigenvalue weighted by molar-refractivity contribution is 0.0115. The maximum Gasteiger partial charge on any atom is 0.261 e. The van der Waals surface area contributed by atoms with Gasteiger partial charge in [0.2, 0.25) is 0 Å². The van der Waals surface area contributed by atoms with Crippen molar-refractivity contribution in [1.29, 1.82) is 0 Å². The summed E-state index contributed by atoms with van der Waals surface area (Å²) < 4.78 is 26.0. The molecule has 2 rings (SSSR count). The number of benzene rings is 1. The van der Waals surface area contributed by atoms with E-state index in [0.717, 1.165) is 11.3 Å². The Morgan fingerprint density at radius 2 is 2.25 bits per heavy atom. The predicted octanol–water partition coefficient (Wildman–Crippen LogP) is 2.57. The zero-order valence-corrected chi connectivity index (χ0v) is 9.34. The molecule has 0 spiro atoms. The molecule has 1 aliphatic rings. The van der Waals surface area contributed by atoms with Crippen molar-refractivity contribution in [2.75, 3.05) is 25.5 Å². The van der Waals surface area contributed by atoms with E-state index in [-0.39, 0.29) is 13.0 Å². The van der Waals surface area contributed by atoms with Gasteiger partial charge in [-0.15, -0.1) is 0 Å².